The number of benzene rings is 1. The van der Waals surface area contributed by atoms with Crippen molar-refractivity contribution in [1.82, 2.24) is 15.3 Å². The van der Waals surface area contributed by atoms with Gasteiger partial charge in [-0.25, -0.2) is 4.98 Å². The van der Waals surface area contributed by atoms with Crippen LogP contribution in [0.4, 0.5) is 0 Å². The molecule has 1 amide bonds. The summed E-state index contributed by atoms with van der Waals surface area (Å²) < 4.78 is 0. The molecule has 0 aliphatic carbocycles. The quantitative estimate of drug-likeness (QED) is 0.804. The molecule has 1 aromatic carbocycles. The number of rotatable bonds is 4. The van der Waals surface area contributed by atoms with Crippen molar-refractivity contribution in [2.24, 2.45) is 0 Å². The minimum Gasteiger partial charge on any atom is -0.347 e. The van der Waals surface area contributed by atoms with Gasteiger partial charge in [0, 0.05) is 24.6 Å². The fraction of sp³-hybridized carbons (Fsp3) is 0.105. The number of nitrogens with one attached hydrogen (secondary N) is 1. The Morgan fingerprint density at radius 3 is 2.52 bits per heavy atom. The van der Waals surface area contributed by atoms with E-state index in [0.29, 0.717) is 12.2 Å². The molecule has 0 saturated carbocycles. The largest absolute Gasteiger partial charge is 0.347 e. The molecule has 0 aliphatic heterocycles. The van der Waals surface area contributed by atoms with Crippen molar-refractivity contribution < 1.29 is 4.79 Å². The summed E-state index contributed by atoms with van der Waals surface area (Å²) in [5, 5.41) is 2.89. The highest BCUT2D eigenvalue weighted by atomic mass is 16.1. The van der Waals surface area contributed by atoms with Crippen LogP contribution in [0.2, 0.25) is 0 Å². The predicted octanol–water partition coefficient (Wildman–Crippen LogP) is 3.38. The molecular formula is C19H17N3O. The zero-order valence-electron chi connectivity index (χ0n) is 12.9. The number of carbonyl (C=O) groups excluding carboxylic acids is 1. The van der Waals surface area contributed by atoms with E-state index in [-0.39, 0.29) is 5.91 Å². The lowest BCUT2D eigenvalue weighted by atomic mass is 10.1. The molecule has 3 rings (SSSR count). The van der Waals surface area contributed by atoms with Crippen LogP contribution < -0.4 is 5.32 Å². The number of carbonyl (C=O) groups is 1. The molecule has 4 nitrogen and oxygen atoms in total. The Morgan fingerprint density at radius 2 is 1.83 bits per heavy atom. The summed E-state index contributed by atoms with van der Waals surface area (Å²) in [6, 6.07) is 17.4. The van der Waals surface area contributed by atoms with Crippen LogP contribution in [0.25, 0.3) is 11.1 Å². The highest BCUT2D eigenvalue weighted by Crippen LogP contribution is 2.18. The van der Waals surface area contributed by atoms with Gasteiger partial charge in [-0.15, -0.1) is 0 Å². The van der Waals surface area contributed by atoms with Gasteiger partial charge in [-0.2, -0.15) is 0 Å². The Bertz CT molecular complexity index is 798. The molecule has 1 N–H and O–H groups in total. The van der Waals surface area contributed by atoms with Crippen LogP contribution in [0.15, 0.2) is 67.0 Å². The molecule has 2 aromatic heterocycles. The van der Waals surface area contributed by atoms with E-state index in [1.165, 1.54) is 0 Å². The van der Waals surface area contributed by atoms with E-state index in [1.54, 1.807) is 12.3 Å². The average molecular weight is 303 g/mol. The zero-order chi connectivity index (χ0) is 16.1. The lowest BCUT2D eigenvalue weighted by Gasteiger charge is -2.07. The number of nitrogens with zero attached hydrogens (tertiary/aromatic N) is 2. The number of pyridine rings is 2. The van der Waals surface area contributed by atoms with Gasteiger partial charge < -0.3 is 5.32 Å². The molecule has 0 atom stereocenters. The molecule has 4 heteroatoms. The van der Waals surface area contributed by atoms with Crippen LogP contribution >= 0.6 is 0 Å². The molecule has 23 heavy (non-hydrogen) atoms. The van der Waals surface area contributed by atoms with E-state index >= 15 is 0 Å². The second kappa shape index (κ2) is 6.83. The smallest absolute Gasteiger partial charge is 0.270 e. The van der Waals surface area contributed by atoms with Gasteiger partial charge in [-0.1, -0.05) is 36.4 Å². The van der Waals surface area contributed by atoms with Crippen molar-refractivity contribution in [3.05, 3.63) is 83.9 Å². The summed E-state index contributed by atoms with van der Waals surface area (Å²) in [7, 11) is 0. The van der Waals surface area contributed by atoms with Crippen molar-refractivity contribution in [3.8, 4) is 11.1 Å². The Kier molecular flexibility index (Phi) is 4.43. The topological polar surface area (TPSA) is 54.9 Å². The maximum Gasteiger partial charge on any atom is 0.270 e. The number of amides is 1. The van der Waals surface area contributed by atoms with Crippen LogP contribution in [-0.4, -0.2) is 15.9 Å². The van der Waals surface area contributed by atoms with Crippen LogP contribution in [0, 0.1) is 6.92 Å². The fourth-order valence-corrected chi connectivity index (χ4v) is 2.29. The third-order valence-electron chi connectivity index (χ3n) is 3.52. The number of aromatic nitrogens is 2. The van der Waals surface area contributed by atoms with Crippen molar-refractivity contribution in [2.45, 2.75) is 13.5 Å². The first-order chi connectivity index (χ1) is 11.2. The first-order valence-electron chi connectivity index (χ1n) is 7.43. The van der Waals surface area contributed by atoms with Crippen molar-refractivity contribution >= 4 is 5.91 Å². The predicted molar refractivity (Wildman–Crippen MR) is 89.8 cm³/mol. The third kappa shape index (κ3) is 3.80. The van der Waals surface area contributed by atoms with Crippen LogP contribution in [0.5, 0.6) is 0 Å². The molecule has 0 radical (unpaired) electrons. The van der Waals surface area contributed by atoms with E-state index in [9.17, 15) is 4.79 Å². The highest BCUT2D eigenvalue weighted by molar-refractivity contribution is 5.92. The molecule has 0 saturated heterocycles. The molecule has 0 bridgehead atoms. The van der Waals surface area contributed by atoms with Crippen molar-refractivity contribution in [1.29, 1.82) is 0 Å². The summed E-state index contributed by atoms with van der Waals surface area (Å²) in [6.07, 6.45) is 3.59. The van der Waals surface area contributed by atoms with Crippen LogP contribution in [-0.2, 0) is 6.54 Å². The van der Waals surface area contributed by atoms with Gasteiger partial charge in [0.2, 0.25) is 0 Å². The van der Waals surface area contributed by atoms with E-state index in [4.69, 9.17) is 0 Å². The van der Waals surface area contributed by atoms with Crippen molar-refractivity contribution in [3.63, 3.8) is 0 Å². The Morgan fingerprint density at radius 1 is 1.00 bits per heavy atom. The summed E-state index contributed by atoms with van der Waals surface area (Å²) in [4.78, 5) is 20.4. The fourth-order valence-electron chi connectivity index (χ4n) is 2.29. The molecular weight excluding hydrogens is 286 g/mol. The third-order valence-corrected chi connectivity index (χ3v) is 3.52. The van der Waals surface area contributed by atoms with E-state index < -0.39 is 0 Å². The first kappa shape index (κ1) is 14.9. The van der Waals surface area contributed by atoms with E-state index in [2.05, 4.69) is 15.3 Å². The standard InChI is InChI=1S/C19H17N3O/c1-14-4-2-6-18(22-14)19(23)21-12-15-7-9-16(10-8-15)17-5-3-11-20-13-17/h2-11,13H,12H2,1H3,(H,21,23). The van der Waals surface area contributed by atoms with Gasteiger partial charge in [-0.3, -0.25) is 9.78 Å². The zero-order valence-corrected chi connectivity index (χ0v) is 12.9. The lowest BCUT2D eigenvalue weighted by Crippen LogP contribution is -2.23. The summed E-state index contributed by atoms with van der Waals surface area (Å²) >= 11 is 0. The number of aryl methyl sites for hydroxylation is 1. The minimum atomic E-state index is -0.162. The highest BCUT2D eigenvalue weighted by Gasteiger charge is 2.06. The minimum absolute atomic E-state index is 0.162. The molecule has 114 valence electrons. The van der Waals surface area contributed by atoms with Gasteiger partial charge in [0.1, 0.15) is 5.69 Å². The Hall–Kier alpha value is -3.01. The summed E-state index contributed by atoms with van der Waals surface area (Å²) in [5.41, 5.74) is 4.50. The monoisotopic (exact) mass is 303 g/mol. The van der Waals surface area contributed by atoms with Crippen molar-refractivity contribution in [2.75, 3.05) is 0 Å². The average Bonchev–Trinajstić information content (AvgIpc) is 2.61. The molecule has 0 aliphatic rings. The number of hydrogen-bond donors (Lipinski definition) is 1. The van der Waals surface area contributed by atoms with Gasteiger partial charge in [0.25, 0.3) is 5.91 Å². The molecule has 0 fully saturated rings. The van der Waals surface area contributed by atoms with Gasteiger partial charge in [0.05, 0.1) is 0 Å². The maximum atomic E-state index is 12.1. The Balaban J connectivity index is 1.64. The molecule has 0 unspecified atom stereocenters. The van der Waals surface area contributed by atoms with Gasteiger partial charge in [-0.05, 0) is 41.8 Å². The van der Waals surface area contributed by atoms with Crippen LogP contribution in [0.1, 0.15) is 21.7 Å². The van der Waals surface area contributed by atoms with Crippen LogP contribution in [0.3, 0.4) is 0 Å². The number of hydrogen-bond acceptors (Lipinski definition) is 3. The maximum absolute atomic E-state index is 12.1. The summed E-state index contributed by atoms with van der Waals surface area (Å²) in [6.45, 7) is 2.34. The second-order valence-corrected chi connectivity index (χ2v) is 5.29. The van der Waals surface area contributed by atoms with E-state index in [1.807, 2.05) is 61.7 Å². The lowest BCUT2D eigenvalue weighted by molar-refractivity contribution is 0.0945. The SMILES string of the molecule is Cc1cccc(C(=O)NCc2ccc(-c3cccnc3)cc2)n1. The normalized spacial score (nSPS) is 10.3. The Labute approximate surface area is 135 Å². The summed E-state index contributed by atoms with van der Waals surface area (Å²) in [5.74, 6) is -0.162. The van der Waals surface area contributed by atoms with E-state index in [0.717, 1.165) is 22.4 Å². The van der Waals surface area contributed by atoms with Gasteiger partial charge in [0.15, 0.2) is 0 Å². The first-order valence-corrected chi connectivity index (χ1v) is 7.43. The van der Waals surface area contributed by atoms with Gasteiger partial charge >= 0.3 is 0 Å². The molecule has 2 heterocycles. The molecule has 3 aromatic rings. The second-order valence-electron chi connectivity index (χ2n) is 5.29. The molecule has 0 spiro atoms.